The molecule has 12 atom stereocenters. The summed E-state index contributed by atoms with van der Waals surface area (Å²) in [6.45, 7) is 7.47. The maximum absolute atomic E-state index is 12.9. The van der Waals surface area contributed by atoms with E-state index in [4.69, 9.17) is 14.2 Å². The monoisotopic (exact) mass is 436 g/mol. The zero-order valence-electron chi connectivity index (χ0n) is 19.0. The predicted octanol–water partition coefficient (Wildman–Crippen LogP) is 1.46. The van der Waals surface area contributed by atoms with Crippen molar-refractivity contribution in [3.8, 4) is 0 Å². The fourth-order valence-corrected chi connectivity index (χ4v) is 6.74. The highest BCUT2D eigenvalue weighted by atomic mass is 16.6. The van der Waals surface area contributed by atoms with Gasteiger partial charge in [0, 0.05) is 43.3 Å². The number of carbonyl (C=O) groups is 1. The molecule has 2 unspecified atom stereocenters. The van der Waals surface area contributed by atoms with Gasteiger partial charge in [-0.1, -0.05) is 32.1 Å². The van der Waals surface area contributed by atoms with E-state index in [1.165, 1.54) is 7.11 Å². The molecule has 0 aromatic carbocycles. The molecular formula is C24H36O7. The molecule has 2 aliphatic carbocycles. The average Bonchev–Trinajstić information content (AvgIpc) is 2.91. The van der Waals surface area contributed by atoms with E-state index in [0.717, 1.165) is 5.57 Å². The van der Waals surface area contributed by atoms with Gasteiger partial charge >= 0.3 is 5.97 Å². The van der Waals surface area contributed by atoms with E-state index in [-0.39, 0.29) is 48.2 Å². The molecule has 1 saturated heterocycles. The summed E-state index contributed by atoms with van der Waals surface area (Å²) >= 11 is 0. The van der Waals surface area contributed by atoms with E-state index in [1.807, 2.05) is 26.8 Å². The first-order chi connectivity index (χ1) is 14.7. The van der Waals surface area contributed by atoms with Crippen LogP contribution in [0.1, 0.15) is 34.1 Å². The van der Waals surface area contributed by atoms with Gasteiger partial charge in [0.2, 0.25) is 0 Å². The number of hydrogen-bond acceptors (Lipinski definition) is 7. The fourth-order valence-electron chi connectivity index (χ4n) is 6.74. The zero-order valence-corrected chi connectivity index (χ0v) is 19.0. The Bertz CT molecular complexity index is 761. The third-order valence-electron chi connectivity index (χ3n) is 8.34. The van der Waals surface area contributed by atoms with Gasteiger partial charge in [0.05, 0.1) is 18.3 Å². The summed E-state index contributed by atoms with van der Waals surface area (Å²) in [6.07, 6.45) is 3.35. The molecule has 7 heteroatoms. The number of rotatable bonds is 3. The molecule has 4 aliphatic rings. The summed E-state index contributed by atoms with van der Waals surface area (Å²) in [5.74, 6) is -1.38. The maximum atomic E-state index is 12.9. The van der Waals surface area contributed by atoms with E-state index in [0.29, 0.717) is 6.42 Å². The topological polar surface area (TPSA) is 105 Å². The third-order valence-corrected chi connectivity index (χ3v) is 8.34. The van der Waals surface area contributed by atoms with Crippen LogP contribution in [0.5, 0.6) is 0 Å². The minimum absolute atomic E-state index is 0.00158. The molecule has 3 N–H and O–H groups in total. The molecule has 2 fully saturated rings. The molecule has 0 aromatic heterocycles. The van der Waals surface area contributed by atoms with Crippen molar-refractivity contribution in [1.29, 1.82) is 0 Å². The molecule has 0 aromatic rings. The zero-order chi connectivity index (χ0) is 22.7. The Morgan fingerprint density at radius 1 is 1.32 bits per heavy atom. The molecule has 2 aliphatic heterocycles. The normalized spacial score (nSPS) is 52.0. The van der Waals surface area contributed by atoms with Crippen LogP contribution < -0.4 is 0 Å². The van der Waals surface area contributed by atoms with Crippen LogP contribution >= 0.6 is 0 Å². The molecule has 4 bridgehead atoms. The van der Waals surface area contributed by atoms with Gasteiger partial charge in [-0.05, 0) is 31.8 Å². The highest BCUT2D eigenvalue weighted by molar-refractivity contribution is 5.75. The third kappa shape index (κ3) is 3.32. The summed E-state index contributed by atoms with van der Waals surface area (Å²) in [7, 11) is 1.48. The summed E-state index contributed by atoms with van der Waals surface area (Å²) in [4.78, 5) is 12.9. The Labute approximate surface area is 184 Å². The first kappa shape index (κ1) is 22.9. The van der Waals surface area contributed by atoms with Crippen LogP contribution in [0.25, 0.3) is 0 Å². The summed E-state index contributed by atoms with van der Waals surface area (Å²) in [6, 6.07) is 0. The molecular weight excluding hydrogens is 400 g/mol. The number of carbonyl (C=O) groups excluding carboxylic acids is 1. The van der Waals surface area contributed by atoms with Crippen molar-refractivity contribution in [3.05, 3.63) is 23.8 Å². The van der Waals surface area contributed by atoms with E-state index in [2.05, 4.69) is 12.2 Å². The summed E-state index contributed by atoms with van der Waals surface area (Å²) in [5.41, 5.74) is 0.170. The number of esters is 1. The van der Waals surface area contributed by atoms with Crippen LogP contribution in [0, 0.1) is 35.5 Å². The summed E-state index contributed by atoms with van der Waals surface area (Å²) < 4.78 is 18.0. The molecule has 1 saturated carbocycles. The minimum Gasteiger partial charge on any atom is -0.457 e. The van der Waals surface area contributed by atoms with E-state index in [9.17, 15) is 20.1 Å². The van der Waals surface area contributed by atoms with Gasteiger partial charge in [0.25, 0.3) is 0 Å². The van der Waals surface area contributed by atoms with E-state index >= 15 is 0 Å². The van der Waals surface area contributed by atoms with Crippen LogP contribution in [-0.4, -0.2) is 71.1 Å². The highest BCUT2D eigenvalue weighted by Crippen LogP contribution is 2.61. The predicted molar refractivity (Wildman–Crippen MR) is 113 cm³/mol. The van der Waals surface area contributed by atoms with Crippen molar-refractivity contribution in [2.45, 2.75) is 70.2 Å². The standard InChI is InChI=1S/C24H36O7/c1-11-8-12(2)24-15(9-18(29-5)23(28)30-21(11)14(4)26)6-7-16-19(24)20(27)13(3)17(10-25)22(16)31-24/h6-8,11,13-22,25-27H,9-10H2,1-5H3/b12-8+/t11-,13?,14?,15-,16-,17+,18+,19+,20-,21+,22-,24+/m1/s1. The quantitative estimate of drug-likeness (QED) is 0.454. The van der Waals surface area contributed by atoms with Crippen LogP contribution in [0.2, 0.25) is 0 Å². The molecule has 4 rings (SSSR count). The van der Waals surface area contributed by atoms with Gasteiger partial charge in [-0.15, -0.1) is 0 Å². The molecule has 0 radical (unpaired) electrons. The number of cyclic esters (lactones) is 1. The molecule has 2 heterocycles. The minimum atomic E-state index is -0.847. The van der Waals surface area contributed by atoms with Gasteiger partial charge in [0.1, 0.15) is 11.7 Å². The Kier molecular flexibility index (Phi) is 6.11. The lowest BCUT2D eigenvalue weighted by Gasteiger charge is -2.49. The van der Waals surface area contributed by atoms with Crippen LogP contribution in [0.15, 0.2) is 23.8 Å². The van der Waals surface area contributed by atoms with Gasteiger partial charge in [-0.25, -0.2) is 4.79 Å². The largest absolute Gasteiger partial charge is 0.457 e. The van der Waals surface area contributed by atoms with Crippen molar-refractivity contribution in [2.75, 3.05) is 13.7 Å². The molecule has 174 valence electrons. The van der Waals surface area contributed by atoms with E-state index < -0.39 is 36.0 Å². The summed E-state index contributed by atoms with van der Waals surface area (Å²) in [5, 5.41) is 31.7. The molecule has 0 amide bonds. The Morgan fingerprint density at radius 2 is 2.03 bits per heavy atom. The number of hydrogen-bond donors (Lipinski definition) is 3. The second-order valence-electron chi connectivity index (χ2n) is 9.98. The van der Waals surface area contributed by atoms with Crippen LogP contribution in [0.4, 0.5) is 0 Å². The lowest BCUT2D eigenvalue weighted by Crippen LogP contribution is -2.56. The SMILES string of the molecule is CO[C@H]1C[C@H]2C=C[C@H]3[C@H]4O[C@]2(/C(C)=C/[C@@H](C)[C@@H](C(C)O)OC1=O)[C@@H]3[C@H](O)C(C)[C@@H]4CO. The van der Waals surface area contributed by atoms with Crippen LogP contribution in [-0.2, 0) is 19.0 Å². The number of aliphatic hydroxyl groups excluding tert-OH is 3. The number of ether oxygens (including phenoxy) is 3. The Balaban J connectivity index is 1.86. The maximum Gasteiger partial charge on any atom is 0.335 e. The lowest BCUT2D eigenvalue weighted by molar-refractivity contribution is -0.172. The highest BCUT2D eigenvalue weighted by Gasteiger charge is 2.67. The number of aliphatic hydroxyl groups is 3. The van der Waals surface area contributed by atoms with E-state index in [1.54, 1.807) is 6.92 Å². The van der Waals surface area contributed by atoms with Crippen molar-refractivity contribution in [3.63, 3.8) is 0 Å². The molecule has 7 nitrogen and oxygen atoms in total. The first-order valence-electron chi connectivity index (χ1n) is 11.4. The second-order valence-corrected chi connectivity index (χ2v) is 9.98. The van der Waals surface area contributed by atoms with Gasteiger partial charge < -0.3 is 29.5 Å². The van der Waals surface area contributed by atoms with Gasteiger partial charge in [-0.2, -0.15) is 0 Å². The van der Waals surface area contributed by atoms with Crippen molar-refractivity contribution in [1.82, 2.24) is 0 Å². The second kappa shape index (κ2) is 8.27. The Hall–Kier alpha value is -1.25. The Morgan fingerprint density at radius 3 is 2.65 bits per heavy atom. The molecule has 31 heavy (non-hydrogen) atoms. The smallest absolute Gasteiger partial charge is 0.335 e. The number of methoxy groups -OCH3 is 1. The van der Waals surface area contributed by atoms with Gasteiger partial charge in [0.15, 0.2) is 6.10 Å². The van der Waals surface area contributed by atoms with Crippen LogP contribution in [0.3, 0.4) is 0 Å². The lowest BCUT2D eigenvalue weighted by atomic mass is 9.56. The fraction of sp³-hybridized carbons (Fsp3) is 0.792. The van der Waals surface area contributed by atoms with Crippen molar-refractivity contribution < 1.29 is 34.3 Å². The first-order valence-corrected chi connectivity index (χ1v) is 11.4. The van der Waals surface area contributed by atoms with Crippen molar-refractivity contribution in [2.24, 2.45) is 35.5 Å². The average molecular weight is 437 g/mol. The van der Waals surface area contributed by atoms with Gasteiger partial charge in [-0.3, -0.25) is 0 Å². The van der Waals surface area contributed by atoms with Crippen molar-refractivity contribution >= 4 is 5.97 Å². The molecule has 1 spiro atoms.